The summed E-state index contributed by atoms with van der Waals surface area (Å²) in [5, 5.41) is 0. The molecular formula is C18H23NO5. The van der Waals surface area contributed by atoms with Crippen molar-refractivity contribution in [3.63, 3.8) is 0 Å². The Bertz CT molecular complexity index is 658. The van der Waals surface area contributed by atoms with Crippen molar-refractivity contribution in [1.29, 1.82) is 0 Å². The monoisotopic (exact) mass is 333 g/mol. The third kappa shape index (κ3) is 4.08. The van der Waals surface area contributed by atoms with Crippen LogP contribution in [0.15, 0.2) is 34.7 Å². The van der Waals surface area contributed by atoms with Crippen LogP contribution in [0.2, 0.25) is 0 Å². The molecule has 0 aliphatic heterocycles. The molecule has 0 saturated heterocycles. The maximum Gasteiger partial charge on any atom is 0.261 e. The van der Waals surface area contributed by atoms with Gasteiger partial charge in [0.15, 0.2) is 0 Å². The third-order valence-electron chi connectivity index (χ3n) is 3.64. The Labute approximate surface area is 141 Å². The second kappa shape index (κ2) is 8.40. The molecular weight excluding hydrogens is 310 g/mol. The molecule has 24 heavy (non-hydrogen) atoms. The summed E-state index contributed by atoms with van der Waals surface area (Å²) in [4.78, 5) is 14.7. The van der Waals surface area contributed by atoms with Crippen LogP contribution in [0.1, 0.15) is 21.9 Å². The highest BCUT2D eigenvalue weighted by Crippen LogP contribution is 2.30. The number of carbonyl (C=O) groups is 1. The quantitative estimate of drug-likeness (QED) is 0.743. The van der Waals surface area contributed by atoms with Gasteiger partial charge in [-0.2, -0.15) is 0 Å². The average Bonchev–Trinajstić information content (AvgIpc) is 3.02. The highest BCUT2D eigenvalue weighted by Gasteiger charge is 2.24. The van der Waals surface area contributed by atoms with Gasteiger partial charge >= 0.3 is 0 Å². The number of amides is 1. The van der Waals surface area contributed by atoms with E-state index >= 15 is 0 Å². The van der Waals surface area contributed by atoms with Crippen LogP contribution in [0.5, 0.6) is 11.5 Å². The lowest BCUT2D eigenvalue weighted by molar-refractivity contribution is 0.0659. The molecule has 0 radical (unpaired) electrons. The molecule has 0 aliphatic rings. The first-order chi connectivity index (χ1) is 11.6. The summed E-state index contributed by atoms with van der Waals surface area (Å²) in [6, 6.07) is 8.99. The first-order valence-electron chi connectivity index (χ1n) is 7.65. The standard InChI is InChI=1S/C18H23NO5/c1-13-8-9-14(24-13)12-19(10-11-21-2)18(20)17-15(22-3)6-5-7-16(17)23-4/h5-9H,10-12H2,1-4H3. The molecule has 0 N–H and O–H groups in total. The zero-order chi connectivity index (χ0) is 17.5. The van der Waals surface area contributed by atoms with Crippen LogP contribution >= 0.6 is 0 Å². The highest BCUT2D eigenvalue weighted by molar-refractivity contribution is 5.99. The summed E-state index contributed by atoms with van der Waals surface area (Å²) >= 11 is 0. The fourth-order valence-corrected chi connectivity index (χ4v) is 2.43. The van der Waals surface area contributed by atoms with E-state index in [0.29, 0.717) is 42.5 Å². The van der Waals surface area contributed by atoms with E-state index in [-0.39, 0.29) is 5.91 Å². The smallest absolute Gasteiger partial charge is 0.261 e. The summed E-state index contributed by atoms with van der Waals surface area (Å²) in [5.74, 6) is 2.26. The molecule has 1 aromatic heterocycles. The van der Waals surface area contributed by atoms with Gasteiger partial charge in [0.05, 0.1) is 27.4 Å². The van der Waals surface area contributed by atoms with Crippen molar-refractivity contribution in [2.45, 2.75) is 13.5 Å². The van der Waals surface area contributed by atoms with E-state index in [4.69, 9.17) is 18.6 Å². The number of hydrogen-bond donors (Lipinski definition) is 0. The minimum atomic E-state index is -0.199. The number of rotatable bonds is 8. The molecule has 0 saturated carbocycles. The predicted molar refractivity (Wildman–Crippen MR) is 89.6 cm³/mol. The zero-order valence-electron chi connectivity index (χ0n) is 14.5. The van der Waals surface area contributed by atoms with Crippen molar-refractivity contribution in [2.75, 3.05) is 34.5 Å². The van der Waals surface area contributed by atoms with Gasteiger partial charge in [-0.3, -0.25) is 4.79 Å². The molecule has 0 spiro atoms. The predicted octanol–water partition coefficient (Wildman–Crippen LogP) is 2.89. The van der Waals surface area contributed by atoms with Gasteiger partial charge in [0.1, 0.15) is 28.6 Å². The fourth-order valence-electron chi connectivity index (χ4n) is 2.43. The molecule has 1 amide bonds. The van der Waals surface area contributed by atoms with E-state index in [1.165, 1.54) is 14.2 Å². The summed E-state index contributed by atoms with van der Waals surface area (Å²) in [7, 11) is 4.66. The van der Waals surface area contributed by atoms with Gasteiger partial charge in [-0.1, -0.05) is 6.07 Å². The zero-order valence-corrected chi connectivity index (χ0v) is 14.5. The number of carbonyl (C=O) groups excluding carboxylic acids is 1. The van der Waals surface area contributed by atoms with E-state index < -0.39 is 0 Å². The number of furan rings is 1. The van der Waals surface area contributed by atoms with Crippen molar-refractivity contribution in [1.82, 2.24) is 4.90 Å². The molecule has 6 nitrogen and oxygen atoms in total. The van der Waals surface area contributed by atoms with Gasteiger partial charge in [-0.25, -0.2) is 0 Å². The van der Waals surface area contributed by atoms with E-state index in [2.05, 4.69) is 0 Å². The third-order valence-corrected chi connectivity index (χ3v) is 3.64. The van der Waals surface area contributed by atoms with Crippen LogP contribution in [-0.2, 0) is 11.3 Å². The van der Waals surface area contributed by atoms with Crippen LogP contribution in [0.25, 0.3) is 0 Å². The highest BCUT2D eigenvalue weighted by atomic mass is 16.5. The second-order valence-electron chi connectivity index (χ2n) is 5.27. The van der Waals surface area contributed by atoms with Gasteiger partial charge in [0.25, 0.3) is 5.91 Å². The number of benzene rings is 1. The molecule has 0 fully saturated rings. The maximum absolute atomic E-state index is 13.1. The summed E-state index contributed by atoms with van der Waals surface area (Å²) in [5.41, 5.74) is 0.391. The molecule has 1 heterocycles. The molecule has 6 heteroatoms. The van der Waals surface area contributed by atoms with Crippen molar-refractivity contribution >= 4 is 5.91 Å². The van der Waals surface area contributed by atoms with Gasteiger partial charge in [0, 0.05) is 13.7 Å². The largest absolute Gasteiger partial charge is 0.496 e. The molecule has 0 unspecified atom stereocenters. The minimum absolute atomic E-state index is 0.199. The Kier molecular flexibility index (Phi) is 6.26. The molecule has 130 valence electrons. The number of ether oxygens (including phenoxy) is 3. The van der Waals surface area contributed by atoms with Crippen LogP contribution in [0.4, 0.5) is 0 Å². The maximum atomic E-state index is 13.1. The summed E-state index contributed by atoms with van der Waals surface area (Å²) in [6.45, 7) is 3.06. The topological polar surface area (TPSA) is 61.1 Å². The number of aryl methyl sites for hydroxylation is 1. The van der Waals surface area contributed by atoms with E-state index in [0.717, 1.165) is 5.76 Å². The first kappa shape index (κ1) is 17.9. The Morgan fingerprint density at radius 2 is 1.75 bits per heavy atom. The molecule has 0 aliphatic carbocycles. The van der Waals surface area contributed by atoms with Crippen molar-refractivity contribution in [3.05, 3.63) is 47.4 Å². The normalized spacial score (nSPS) is 10.5. The van der Waals surface area contributed by atoms with Gasteiger partial charge < -0.3 is 23.5 Å². The first-order valence-corrected chi connectivity index (χ1v) is 7.65. The van der Waals surface area contributed by atoms with Crippen molar-refractivity contribution < 1.29 is 23.4 Å². The van der Waals surface area contributed by atoms with E-state index in [9.17, 15) is 4.79 Å². The molecule has 0 bridgehead atoms. The lowest BCUT2D eigenvalue weighted by Crippen LogP contribution is -2.33. The summed E-state index contributed by atoms with van der Waals surface area (Å²) < 4.78 is 21.4. The summed E-state index contributed by atoms with van der Waals surface area (Å²) in [6.07, 6.45) is 0. The molecule has 2 aromatic rings. The van der Waals surface area contributed by atoms with E-state index in [1.807, 2.05) is 19.1 Å². The SMILES string of the molecule is COCCN(Cc1ccc(C)o1)C(=O)c1c(OC)cccc1OC. The van der Waals surface area contributed by atoms with Gasteiger partial charge in [-0.05, 0) is 31.2 Å². The number of methoxy groups -OCH3 is 3. The fraction of sp³-hybridized carbons (Fsp3) is 0.389. The molecule has 0 atom stereocenters. The Morgan fingerprint density at radius 3 is 2.25 bits per heavy atom. The molecule has 1 aromatic carbocycles. The minimum Gasteiger partial charge on any atom is -0.496 e. The lowest BCUT2D eigenvalue weighted by Gasteiger charge is -2.23. The Balaban J connectivity index is 2.33. The van der Waals surface area contributed by atoms with Crippen LogP contribution in [0, 0.1) is 6.92 Å². The van der Waals surface area contributed by atoms with Gasteiger partial charge in [0.2, 0.25) is 0 Å². The Hall–Kier alpha value is -2.47. The Morgan fingerprint density at radius 1 is 1.08 bits per heavy atom. The number of nitrogens with zero attached hydrogens (tertiary/aromatic N) is 1. The second-order valence-corrected chi connectivity index (χ2v) is 5.27. The average molecular weight is 333 g/mol. The lowest BCUT2D eigenvalue weighted by atomic mass is 10.1. The van der Waals surface area contributed by atoms with Crippen LogP contribution in [0.3, 0.4) is 0 Å². The van der Waals surface area contributed by atoms with Crippen LogP contribution < -0.4 is 9.47 Å². The number of hydrogen-bond acceptors (Lipinski definition) is 5. The van der Waals surface area contributed by atoms with E-state index in [1.54, 1.807) is 30.2 Å². The van der Waals surface area contributed by atoms with Gasteiger partial charge in [-0.15, -0.1) is 0 Å². The van der Waals surface area contributed by atoms with Crippen molar-refractivity contribution in [2.24, 2.45) is 0 Å². The van der Waals surface area contributed by atoms with Crippen LogP contribution in [-0.4, -0.2) is 45.3 Å². The van der Waals surface area contributed by atoms with Crippen molar-refractivity contribution in [3.8, 4) is 11.5 Å². The molecule has 2 rings (SSSR count).